The second kappa shape index (κ2) is 6.59. The van der Waals surface area contributed by atoms with Crippen molar-refractivity contribution in [3.63, 3.8) is 0 Å². The van der Waals surface area contributed by atoms with Gasteiger partial charge in [-0.2, -0.15) is 0 Å². The Morgan fingerprint density at radius 1 is 1.56 bits per heavy atom. The fourth-order valence-corrected chi connectivity index (χ4v) is 2.03. The van der Waals surface area contributed by atoms with Crippen LogP contribution in [0, 0.1) is 0 Å². The predicted molar refractivity (Wildman–Crippen MR) is 79.0 cm³/mol. The summed E-state index contributed by atoms with van der Waals surface area (Å²) in [5.41, 5.74) is 1.93. The van der Waals surface area contributed by atoms with E-state index in [2.05, 4.69) is 34.7 Å². The Balaban J connectivity index is 3.14. The van der Waals surface area contributed by atoms with Gasteiger partial charge in [-0.25, -0.2) is 4.79 Å². The summed E-state index contributed by atoms with van der Waals surface area (Å²) in [5, 5.41) is 8.72. The maximum absolute atomic E-state index is 10.6. The van der Waals surface area contributed by atoms with Gasteiger partial charge in [0.15, 0.2) is 0 Å². The minimum atomic E-state index is -0.938. The topological polar surface area (TPSA) is 40.5 Å². The summed E-state index contributed by atoms with van der Waals surface area (Å²) < 4.78 is 0.939. The van der Waals surface area contributed by atoms with Crippen molar-refractivity contribution >= 4 is 33.7 Å². The molecule has 0 aliphatic carbocycles. The Morgan fingerprint density at radius 3 is 2.78 bits per heavy atom. The molecule has 0 fully saturated rings. The van der Waals surface area contributed by atoms with Gasteiger partial charge in [-0.15, -0.1) is 0 Å². The van der Waals surface area contributed by atoms with Gasteiger partial charge in [0.05, 0.1) is 0 Å². The Morgan fingerprint density at radius 2 is 2.22 bits per heavy atom. The zero-order valence-corrected chi connectivity index (χ0v) is 12.4. The van der Waals surface area contributed by atoms with Gasteiger partial charge < -0.3 is 10.0 Å². The number of carboxylic acid groups (broad SMARTS) is 1. The van der Waals surface area contributed by atoms with Crippen molar-refractivity contribution in [3.05, 3.63) is 34.3 Å². The van der Waals surface area contributed by atoms with Gasteiger partial charge in [-0.05, 0) is 43.2 Å². The monoisotopic (exact) mass is 311 g/mol. The number of anilines is 1. The molecular weight excluding hydrogens is 294 g/mol. The van der Waals surface area contributed by atoms with Crippen LogP contribution in [0.1, 0.15) is 25.8 Å². The number of halogens is 1. The highest BCUT2D eigenvalue weighted by Crippen LogP contribution is 2.27. The molecule has 1 unspecified atom stereocenters. The molecule has 18 heavy (non-hydrogen) atoms. The normalized spacial score (nSPS) is 12.7. The van der Waals surface area contributed by atoms with Gasteiger partial charge in [0.25, 0.3) is 0 Å². The molecular formula is C14H18BrNO2. The highest BCUT2D eigenvalue weighted by Gasteiger charge is 2.11. The lowest BCUT2D eigenvalue weighted by Crippen LogP contribution is -2.28. The van der Waals surface area contributed by atoms with E-state index in [4.69, 9.17) is 5.11 Å². The summed E-state index contributed by atoms with van der Waals surface area (Å²) in [6, 6.07) is 6.29. The third-order valence-corrected chi connectivity index (χ3v) is 3.52. The smallest absolute Gasteiger partial charge is 0.328 e. The van der Waals surface area contributed by atoms with E-state index in [0.717, 1.165) is 28.2 Å². The predicted octanol–water partition coefficient (Wildman–Crippen LogP) is 3.78. The van der Waals surface area contributed by atoms with Crippen LogP contribution in [-0.4, -0.2) is 24.2 Å². The highest BCUT2D eigenvalue weighted by atomic mass is 79.9. The first-order valence-corrected chi connectivity index (χ1v) is 6.68. The molecule has 0 saturated heterocycles. The maximum atomic E-state index is 10.6. The van der Waals surface area contributed by atoms with Crippen LogP contribution < -0.4 is 4.90 Å². The largest absolute Gasteiger partial charge is 0.478 e. The van der Waals surface area contributed by atoms with Gasteiger partial charge >= 0.3 is 5.97 Å². The first-order valence-electron chi connectivity index (χ1n) is 5.89. The molecule has 0 aliphatic heterocycles. The Labute approximate surface area is 116 Å². The number of benzene rings is 1. The minimum Gasteiger partial charge on any atom is -0.478 e. The number of nitrogens with zero attached hydrogens (tertiary/aromatic N) is 1. The summed E-state index contributed by atoms with van der Waals surface area (Å²) in [4.78, 5) is 12.8. The fourth-order valence-electron chi connectivity index (χ4n) is 1.65. The number of hydrogen-bond acceptors (Lipinski definition) is 2. The number of carbonyl (C=O) groups is 1. The number of aliphatic carboxylic acids is 1. The summed E-state index contributed by atoms with van der Waals surface area (Å²) in [5.74, 6) is -0.938. The zero-order valence-electron chi connectivity index (χ0n) is 10.9. The number of rotatable bonds is 5. The van der Waals surface area contributed by atoms with Crippen molar-refractivity contribution in [1.29, 1.82) is 0 Å². The van der Waals surface area contributed by atoms with Gasteiger partial charge in [0.2, 0.25) is 0 Å². The molecule has 1 rings (SSSR count). The molecule has 98 valence electrons. The quantitative estimate of drug-likeness (QED) is 0.841. The minimum absolute atomic E-state index is 0.406. The number of carboxylic acids is 1. The van der Waals surface area contributed by atoms with Crippen molar-refractivity contribution in [2.45, 2.75) is 26.3 Å². The van der Waals surface area contributed by atoms with Gasteiger partial charge in [-0.3, -0.25) is 0 Å². The molecule has 0 heterocycles. The molecule has 1 aromatic rings. The molecule has 0 aromatic heterocycles. The fraction of sp³-hybridized carbons (Fsp3) is 0.357. The molecule has 0 bridgehead atoms. The standard InChI is InChI=1S/C14H18BrNO2/c1-4-10(2)16(3)13-7-6-12(15)9-11(13)5-8-14(17)18/h5-10H,4H2,1-3H3,(H,17,18)/b8-5+. The van der Waals surface area contributed by atoms with E-state index < -0.39 is 5.97 Å². The van der Waals surface area contributed by atoms with Crippen LogP contribution in [0.25, 0.3) is 6.08 Å². The second-order valence-corrected chi connectivity index (χ2v) is 5.16. The lowest BCUT2D eigenvalue weighted by molar-refractivity contribution is -0.131. The molecule has 0 spiro atoms. The zero-order chi connectivity index (χ0) is 13.7. The molecule has 1 atom stereocenters. The Bertz CT molecular complexity index is 457. The van der Waals surface area contributed by atoms with Crippen molar-refractivity contribution in [3.8, 4) is 0 Å². The van der Waals surface area contributed by atoms with Crippen LogP contribution in [0.15, 0.2) is 28.7 Å². The molecule has 3 nitrogen and oxygen atoms in total. The summed E-state index contributed by atoms with van der Waals surface area (Å²) >= 11 is 3.41. The molecule has 1 aromatic carbocycles. The Hall–Kier alpha value is -1.29. The molecule has 0 amide bonds. The van der Waals surface area contributed by atoms with Gasteiger partial charge in [-0.1, -0.05) is 22.9 Å². The van der Waals surface area contributed by atoms with Crippen LogP contribution in [0.4, 0.5) is 5.69 Å². The summed E-state index contributed by atoms with van der Waals surface area (Å²) in [6.45, 7) is 4.28. The lowest BCUT2D eigenvalue weighted by atomic mass is 10.1. The van der Waals surface area contributed by atoms with E-state index in [-0.39, 0.29) is 0 Å². The van der Waals surface area contributed by atoms with Crippen molar-refractivity contribution in [2.24, 2.45) is 0 Å². The van der Waals surface area contributed by atoms with Crippen molar-refractivity contribution in [2.75, 3.05) is 11.9 Å². The Kier molecular flexibility index (Phi) is 5.41. The van der Waals surface area contributed by atoms with Crippen LogP contribution >= 0.6 is 15.9 Å². The molecule has 4 heteroatoms. The maximum Gasteiger partial charge on any atom is 0.328 e. The highest BCUT2D eigenvalue weighted by molar-refractivity contribution is 9.10. The number of hydrogen-bond donors (Lipinski definition) is 1. The molecule has 0 aliphatic rings. The van der Waals surface area contributed by atoms with Crippen LogP contribution in [-0.2, 0) is 4.79 Å². The van der Waals surface area contributed by atoms with Crippen LogP contribution in [0.5, 0.6) is 0 Å². The third-order valence-electron chi connectivity index (χ3n) is 3.03. The van der Waals surface area contributed by atoms with E-state index in [0.29, 0.717) is 6.04 Å². The summed E-state index contributed by atoms with van der Waals surface area (Å²) in [7, 11) is 2.02. The van der Waals surface area contributed by atoms with E-state index in [9.17, 15) is 4.79 Å². The van der Waals surface area contributed by atoms with Crippen LogP contribution in [0.3, 0.4) is 0 Å². The second-order valence-electron chi connectivity index (χ2n) is 4.24. The van der Waals surface area contributed by atoms with E-state index in [1.165, 1.54) is 0 Å². The van der Waals surface area contributed by atoms with Crippen LogP contribution in [0.2, 0.25) is 0 Å². The van der Waals surface area contributed by atoms with Gasteiger partial charge in [0.1, 0.15) is 0 Å². The molecule has 1 N–H and O–H groups in total. The SMILES string of the molecule is CCC(C)N(C)c1ccc(Br)cc1/C=C/C(=O)O. The van der Waals surface area contributed by atoms with Crippen molar-refractivity contribution in [1.82, 2.24) is 0 Å². The molecule has 0 radical (unpaired) electrons. The molecule has 0 saturated carbocycles. The summed E-state index contributed by atoms with van der Waals surface area (Å²) in [6.07, 6.45) is 3.83. The van der Waals surface area contributed by atoms with Crippen molar-refractivity contribution < 1.29 is 9.90 Å². The first-order chi connectivity index (χ1) is 8.45. The van der Waals surface area contributed by atoms with E-state index in [1.807, 2.05) is 25.2 Å². The van der Waals surface area contributed by atoms with E-state index >= 15 is 0 Å². The van der Waals surface area contributed by atoms with Gasteiger partial charge in [0, 0.05) is 29.3 Å². The average molecular weight is 312 g/mol. The average Bonchev–Trinajstić information content (AvgIpc) is 2.34. The lowest BCUT2D eigenvalue weighted by Gasteiger charge is -2.27. The first kappa shape index (κ1) is 14.8. The van der Waals surface area contributed by atoms with E-state index in [1.54, 1.807) is 6.08 Å². The third kappa shape index (κ3) is 3.88.